The van der Waals surface area contributed by atoms with Gasteiger partial charge in [0, 0.05) is 16.7 Å². The van der Waals surface area contributed by atoms with Gasteiger partial charge in [-0.3, -0.25) is 9.56 Å². The lowest BCUT2D eigenvalue weighted by Gasteiger charge is -2.12. The predicted octanol–water partition coefficient (Wildman–Crippen LogP) is 4.17. The molecule has 134 valence electrons. The van der Waals surface area contributed by atoms with Gasteiger partial charge in [0.25, 0.3) is 0 Å². The number of nitrogens with zero attached hydrogens (tertiary/aromatic N) is 4. The molecule has 5 heteroatoms. The molecule has 0 aliphatic carbocycles. The summed E-state index contributed by atoms with van der Waals surface area (Å²) in [5, 5.41) is 0. The Morgan fingerprint density at radius 3 is 2.71 bits per heavy atom. The molecule has 0 atom stereocenters. The van der Waals surface area contributed by atoms with E-state index in [1.165, 1.54) is 6.39 Å². The van der Waals surface area contributed by atoms with Crippen LogP contribution in [0.25, 0.3) is 17.1 Å². The van der Waals surface area contributed by atoms with E-state index < -0.39 is 0 Å². The number of hydrogen-bond donors (Lipinski definition) is 0. The van der Waals surface area contributed by atoms with Gasteiger partial charge >= 0.3 is 0 Å². The third kappa shape index (κ3) is 2.47. The van der Waals surface area contributed by atoms with Crippen LogP contribution in [0.5, 0.6) is 0 Å². The van der Waals surface area contributed by atoms with Crippen LogP contribution in [-0.2, 0) is 6.54 Å². The molecule has 1 aliphatic heterocycles. The van der Waals surface area contributed by atoms with Crippen LogP contribution in [0.4, 0.5) is 0 Å². The molecule has 4 aromatic rings. The molecule has 0 bridgehead atoms. The van der Waals surface area contributed by atoms with Crippen LogP contribution in [0.3, 0.4) is 0 Å². The molecule has 0 fully saturated rings. The number of benzene rings is 2. The highest BCUT2D eigenvalue weighted by atomic mass is 16.3. The number of imidazole rings is 1. The van der Waals surface area contributed by atoms with Crippen molar-refractivity contribution in [2.75, 3.05) is 0 Å². The highest BCUT2D eigenvalue weighted by Crippen LogP contribution is 2.32. The Labute approximate surface area is 162 Å². The first kappa shape index (κ1) is 16.3. The molecule has 28 heavy (non-hydrogen) atoms. The number of aryl methyl sites for hydroxylation is 1. The summed E-state index contributed by atoms with van der Waals surface area (Å²) in [6.07, 6.45) is 8.91. The molecule has 1 aliphatic rings. The van der Waals surface area contributed by atoms with Crippen LogP contribution >= 0.6 is 0 Å². The Kier molecular flexibility index (Phi) is 3.70. The summed E-state index contributed by atoms with van der Waals surface area (Å²) in [6.45, 7) is 2.38. The molecule has 5 nitrogen and oxygen atoms in total. The van der Waals surface area contributed by atoms with E-state index in [1.807, 2.05) is 49.6 Å². The molecule has 2 aromatic carbocycles. The van der Waals surface area contributed by atoms with Crippen molar-refractivity contribution >= 4 is 5.71 Å². The first-order chi connectivity index (χ1) is 13.8. The number of fused-ring (bicyclic) bond motifs is 3. The van der Waals surface area contributed by atoms with Gasteiger partial charge in [-0.25, -0.2) is 9.97 Å². The highest BCUT2D eigenvalue weighted by Gasteiger charge is 2.24. The minimum atomic E-state index is 0.472. The summed E-state index contributed by atoms with van der Waals surface area (Å²) < 4.78 is 7.65. The Morgan fingerprint density at radius 1 is 1.11 bits per heavy atom. The van der Waals surface area contributed by atoms with Crippen LogP contribution in [0.2, 0.25) is 0 Å². The van der Waals surface area contributed by atoms with E-state index in [4.69, 9.17) is 15.8 Å². The van der Waals surface area contributed by atoms with Crippen molar-refractivity contribution in [3.63, 3.8) is 0 Å². The van der Waals surface area contributed by atoms with Crippen molar-refractivity contribution in [3.05, 3.63) is 89.3 Å². The van der Waals surface area contributed by atoms with E-state index in [9.17, 15) is 0 Å². The smallest absolute Gasteiger partial charge is 0.181 e. The second-order valence-corrected chi connectivity index (χ2v) is 6.58. The van der Waals surface area contributed by atoms with Gasteiger partial charge in [0.05, 0.1) is 29.3 Å². The highest BCUT2D eigenvalue weighted by molar-refractivity contribution is 6.15. The Balaban J connectivity index is 1.77. The molecule has 5 rings (SSSR count). The zero-order valence-corrected chi connectivity index (χ0v) is 15.3. The van der Waals surface area contributed by atoms with E-state index >= 15 is 0 Å². The summed E-state index contributed by atoms with van der Waals surface area (Å²) in [7, 11) is 0. The Hall–Kier alpha value is -3.91. The van der Waals surface area contributed by atoms with Gasteiger partial charge in [0.15, 0.2) is 12.2 Å². The van der Waals surface area contributed by atoms with Crippen LogP contribution in [0, 0.1) is 19.3 Å². The van der Waals surface area contributed by atoms with Gasteiger partial charge < -0.3 is 4.42 Å². The second kappa shape index (κ2) is 6.36. The van der Waals surface area contributed by atoms with Gasteiger partial charge in [-0.05, 0) is 25.1 Å². The van der Waals surface area contributed by atoms with Gasteiger partial charge in [0.2, 0.25) is 0 Å². The average Bonchev–Trinajstić information content (AvgIpc) is 3.30. The number of oxazole rings is 1. The largest absolute Gasteiger partial charge is 0.441 e. The number of terminal acetylenes is 1. The maximum Gasteiger partial charge on any atom is 0.181 e. The molecule has 0 amide bonds. The molecule has 0 saturated heterocycles. The predicted molar refractivity (Wildman–Crippen MR) is 108 cm³/mol. The first-order valence-corrected chi connectivity index (χ1v) is 8.94. The van der Waals surface area contributed by atoms with Gasteiger partial charge in [-0.2, -0.15) is 0 Å². The zero-order valence-electron chi connectivity index (χ0n) is 15.3. The lowest BCUT2D eigenvalue weighted by molar-refractivity contribution is 0.568. The summed E-state index contributed by atoms with van der Waals surface area (Å²) in [5.41, 5.74) is 7.29. The monoisotopic (exact) mass is 364 g/mol. The topological polar surface area (TPSA) is 56.2 Å². The maximum absolute atomic E-state index is 5.66. The fourth-order valence-corrected chi connectivity index (χ4v) is 3.56. The molecule has 3 heterocycles. The Bertz CT molecular complexity index is 1260. The first-order valence-electron chi connectivity index (χ1n) is 8.94. The normalized spacial score (nSPS) is 12.5. The van der Waals surface area contributed by atoms with Crippen molar-refractivity contribution in [1.82, 2.24) is 14.5 Å². The zero-order chi connectivity index (χ0) is 19.1. The van der Waals surface area contributed by atoms with E-state index in [1.54, 1.807) is 0 Å². The second-order valence-electron chi connectivity index (χ2n) is 6.58. The van der Waals surface area contributed by atoms with E-state index in [0.717, 1.165) is 45.2 Å². The van der Waals surface area contributed by atoms with Crippen molar-refractivity contribution in [1.29, 1.82) is 0 Å². The number of rotatable bonds is 2. The molecular formula is C23H16N4O. The van der Waals surface area contributed by atoms with E-state index in [-0.39, 0.29) is 0 Å². The number of hydrogen-bond acceptors (Lipinski definition) is 4. The standard InChI is InChI=1S/C23H16N4O/c1-3-16-9-10-19-18(11-16)21(17-7-5-4-6-8-17)24-12-20-22(25-13-27(19)20)23-15(2)26-14-28-23/h1,4-11,13-14H,12H2,2H3. The van der Waals surface area contributed by atoms with Crippen LogP contribution in [0.15, 0.2) is 70.7 Å². The van der Waals surface area contributed by atoms with E-state index in [2.05, 4.69) is 32.6 Å². The Morgan fingerprint density at radius 2 is 1.96 bits per heavy atom. The van der Waals surface area contributed by atoms with Crippen LogP contribution in [-0.4, -0.2) is 20.2 Å². The van der Waals surface area contributed by atoms with Crippen molar-refractivity contribution in [3.8, 4) is 29.5 Å². The third-order valence-corrected chi connectivity index (χ3v) is 4.94. The molecule has 2 aromatic heterocycles. The average molecular weight is 364 g/mol. The summed E-state index contributed by atoms with van der Waals surface area (Å²) in [6, 6.07) is 16.1. The molecule has 0 N–H and O–H groups in total. The van der Waals surface area contributed by atoms with Gasteiger partial charge in [0.1, 0.15) is 12.0 Å². The molecular weight excluding hydrogens is 348 g/mol. The summed E-state index contributed by atoms with van der Waals surface area (Å²) >= 11 is 0. The SMILES string of the molecule is C#Cc1ccc2c(c1)C(c1ccccc1)=NCc1c(-c3ocnc3C)ncn1-2. The lowest BCUT2D eigenvalue weighted by Crippen LogP contribution is -2.07. The van der Waals surface area contributed by atoms with Crippen molar-refractivity contribution in [2.24, 2.45) is 4.99 Å². The van der Waals surface area contributed by atoms with E-state index in [0.29, 0.717) is 12.3 Å². The fraction of sp³-hybridized carbons (Fsp3) is 0.0870. The molecule has 0 saturated carbocycles. The molecule has 0 radical (unpaired) electrons. The van der Waals surface area contributed by atoms with Gasteiger partial charge in [-0.1, -0.05) is 36.3 Å². The number of aromatic nitrogens is 3. The minimum absolute atomic E-state index is 0.472. The minimum Gasteiger partial charge on any atom is -0.441 e. The molecule has 0 spiro atoms. The number of aliphatic imine (C=N–C) groups is 1. The fourth-order valence-electron chi connectivity index (χ4n) is 3.56. The lowest BCUT2D eigenvalue weighted by atomic mass is 9.98. The third-order valence-electron chi connectivity index (χ3n) is 4.94. The van der Waals surface area contributed by atoms with Crippen LogP contribution in [0.1, 0.15) is 28.1 Å². The molecule has 0 unspecified atom stereocenters. The van der Waals surface area contributed by atoms with Crippen LogP contribution < -0.4 is 0 Å². The van der Waals surface area contributed by atoms with Crippen molar-refractivity contribution < 1.29 is 4.42 Å². The van der Waals surface area contributed by atoms with Gasteiger partial charge in [-0.15, -0.1) is 6.42 Å². The summed E-state index contributed by atoms with van der Waals surface area (Å²) in [4.78, 5) is 13.8. The van der Waals surface area contributed by atoms with Crippen molar-refractivity contribution in [2.45, 2.75) is 13.5 Å². The quantitative estimate of drug-likeness (QED) is 0.502. The summed E-state index contributed by atoms with van der Waals surface area (Å²) in [5.74, 6) is 3.40. The maximum atomic E-state index is 5.66.